The molecule has 2 aromatic carbocycles. The molecule has 0 bridgehead atoms. The first-order valence-corrected chi connectivity index (χ1v) is 5.51. The lowest BCUT2D eigenvalue weighted by atomic mass is 9.97. The lowest BCUT2D eigenvalue weighted by Gasteiger charge is -2.11. The van der Waals surface area contributed by atoms with E-state index in [1.165, 1.54) is 0 Å². The summed E-state index contributed by atoms with van der Waals surface area (Å²) in [5.74, 6) is 0.825. The number of carbonyl (C=O) groups is 1. The topological polar surface area (TPSA) is 26.3 Å². The normalized spacial score (nSPS) is 9.94. The second-order valence-corrected chi connectivity index (χ2v) is 3.73. The third-order valence-corrected chi connectivity index (χ3v) is 2.72. The van der Waals surface area contributed by atoms with Gasteiger partial charge in [-0.15, -0.1) is 0 Å². The first-order valence-electron chi connectivity index (χ1n) is 5.51. The summed E-state index contributed by atoms with van der Waals surface area (Å²) in [6.45, 7) is 0. The van der Waals surface area contributed by atoms with E-state index in [2.05, 4.69) is 0 Å². The van der Waals surface area contributed by atoms with E-state index in [4.69, 9.17) is 4.74 Å². The van der Waals surface area contributed by atoms with E-state index in [-0.39, 0.29) is 0 Å². The van der Waals surface area contributed by atoms with E-state index in [1.807, 2.05) is 48.5 Å². The Kier molecular flexibility index (Phi) is 3.55. The average molecular weight is 226 g/mol. The van der Waals surface area contributed by atoms with E-state index < -0.39 is 0 Å². The highest BCUT2D eigenvalue weighted by molar-refractivity contribution is 5.75. The molecule has 0 radical (unpaired) electrons. The van der Waals surface area contributed by atoms with Gasteiger partial charge >= 0.3 is 0 Å². The Bertz CT molecular complexity index is 518. The van der Waals surface area contributed by atoms with Gasteiger partial charge in [0.15, 0.2) is 0 Å². The zero-order valence-corrected chi connectivity index (χ0v) is 9.72. The van der Waals surface area contributed by atoms with E-state index in [0.717, 1.165) is 28.7 Å². The van der Waals surface area contributed by atoms with Crippen LogP contribution in [0, 0.1) is 0 Å². The number of aldehydes is 1. The summed E-state index contributed by atoms with van der Waals surface area (Å²) in [4.78, 5) is 10.7. The van der Waals surface area contributed by atoms with Crippen LogP contribution in [-0.2, 0) is 11.2 Å². The van der Waals surface area contributed by atoms with Crippen LogP contribution in [0.1, 0.15) is 5.56 Å². The highest BCUT2D eigenvalue weighted by atomic mass is 16.5. The van der Waals surface area contributed by atoms with Gasteiger partial charge in [0.05, 0.1) is 7.11 Å². The fourth-order valence-electron chi connectivity index (χ4n) is 1.92. The van der Waals surface area contributed by atoms with Crippen molar-refractivity contribution in [3.8, 4) is 16.9 Å². The van der Waals surface area contributed by atoms with Gasteiger partial charge in [-0.05, 0) is 17.2 Å². The fraction of sp³-hybridized carbons (Fsp3) is 0.133. The largest absolute Gasteiger partial charge is 0.496 e. The van der Waals surface area contributed by atoms with E-state index in [9.17, 15) is 4.79 Å². The predicted octanol–water partition coefficient (Wildman–Crippen LogP) is 3.10. The first-order chi connectivity index (χ1) is 8.36. The molecule has 0 amide bonds. The molecule has 2 heteroatoms. The van der Waals surface area contributed by atoms with Crippen molar-refractivity contribution in [2.45, 2.75) is 6.42 Å². The molecule has 0 spiro atoms. The molecule has 0 N–H and O–H groups in total. The molecule has 2 rings (SSSR count). The number of para-hydroxylation sites is 1. The molecule has 0 atom stereocenters. The van der Waals surface area contributed by atoms with Crippen LogP contribution in [0.3, 0.4) is 0 Å². The van der Waals surface area contributed by atoms with Crippen molar-refractivity contribution >= 4 is 6.29 Å². The molecule has 0 saturated heterocycles. The van der Waals surface area contributed by atoms with E-state index in [0.29, 0.717) is 6.42 Å². The van der Waals surface area contributed by atoms with Crippen LogP contribution in [0.4, 0.5) is 0 Å². The van der Waals surface area contributed by atoms with Crippen LogP contribution >= 0.6 is 0 Å². The highest BCUT2D eigenvalue weighted by Crippen LogP contribution is 2.31. The zero-order chi connectivity index (χ0) is 12.1. The number of methoxy groups -OCH3 is 1. The molecule has 0 unspecified atom stereocenters. The molecular formula is C15H14O2. The highest BCUT2D eigenvalue weighted by Gasteiger charge is 2.08. The van der Waals surface area contributed by atoms with Gasteiger partial charge in [-0.2, -0.15) is 0 Å². The third kappa shape index (κ3) is 2.36. The Hall–Kier alpha value is -2.09. The SMILES string of the molecule is COc1ccccc1-c1ccccc1CC=O. The van der Waals surface area contributed by atoms with Crippen LogP contribution < -0.4 is 4.74 Å². The standard InChI is InChI=1S/C15H14O2/c1-17-15-9-5-4-8-14(15)13-7-3-2-6-12(13)10-11-16/h2-9,11H,10H2,1H3. The van der Waals surface area contributed by atoms with Crippen LogP contribution in [0.5, 0.6) is 5.75 Å². The summed E-state index contributed by atoms with van der Waals surface area (Å²) in [6, 6.07) is 15.7. The predicted molar refractivity (Wildman–Crippen MR) is 68.2 cm³/mol. The number of hydrogen-bond donors (Lipinski definition) is 0. The van der Waals surface area contributed by atoms with Crippen molar-refractivity contribution in [1.82, 2.24) is 0 Å². The van der Waals surface area contributed by atoms with Crippen LogP contribution in [0.15, 0.2) is 48.5 Å². The molecule has 86 valence electrons. The third-order valence-electron chi connectivity index (χ3n) is 2.72. The van der Waals surface area contributed by atoms with Crippen molar-refractivity contribution < 1.29 is 9.53 Å². The molecule has 0 aliphatic rings. The summed E-state index contributed by atoms with van der Waals surface area (Å²) in [5, 5.41) is 0. The average Bonchev–Trinajstić information content (AvgIpc) is 2.40. The minimum atomic E-state index is 0.425. The summed E-state index contributed by atoms with van der Waals surface area (Å²) in [5.41, 5.74) is 3.09. The zero-order valence-electron chi connectivity index (χ0n) is 9.72. The van der Waals surface area contributed by atoms with Crippen molar-refractivity contribution in [2.75, 3.05) is 7.11 Å². The number of hydrogen-bond acceptors (Lipinski definition) is 2. The minimum absolute atomic E-state index is 0.425. The molecule has 0 heterocycles. The van der Waals surface area contributed by atoms with Gasteiger partial charge < -0.3 is 9.53 Å². The van der Waals surface area contributed by atoms with E-state index >= 15 is 0 Å². The Morgan fingerprint density at radius 1 is 1.00 bits per heavy atom. The van der Waals surface area contributed by atoms with Crippen molar-refractivity contribution in [3.63, 3.8) is 0 Å². The number of benzene rings is 2. The molecule has 0 aliphatic heterocycles. The van der Waals surface area contributed by atoms with Crippen LogP contribution in [-0.4, -0.2) is 13.4 Å². The maximum atomic E-state index is 10.7. The molecule has 2 nitrogen and oxygen atoms in total. The minimum Gasteiger partial charge on any atom is -0.496 e. The molecular weight excluding hydrogens is 212 g/mol. The lowest BCUT2D eigenvalue weighted by molar-refractivity contribution is -0.107. The quantitative estimate of drug-likeness (QED) is 0.749. The smallest absolute Gasteiger partial charge is 0.126 e. The monoisotopic (exact) mass is 226 g/mol. The first kappa shape index (κ1) is 11.4. The molecule has 0 aliphatic carbocycles. The summed E-state index contributed by atoms with van der Waals surface area (Å²) < 4.78 is 5.34. The van der Waals surface area contributed by atoms with Crippen molar-refractivity contribution in [1.29, 1.82) is 0 Å². The summed E-state index contributed by atoms with van der Waals surface area (Å²) in [7, 11) is 1.65. The second-order valence-electron chi connectivity index (χ2n) is 3.73. The van der Waals surface area contributed by atoms with Gasteiger partial charge in [-0.3, -0.25) is 0 Å². The van der Waals surface area contributed by atoms with Gasteiger partial charge in [0, 0.05) is 12.0 Å². The van der Waals surface area contributed by atoms with Crippen molar-refractivity contribution in [2.24, 2.45) is 0 Å². The van der Waals surface area contributed by atoms with Crippen LogP contribution in [0.2, 0.25) is 0 Å². The number of rotatable bonds is 4. The summed E-state index contributed by atoms with van der Waals surface area (Å²) >= 11 is 0. The van der Waals surface area contributed by atoms with Gasteiger partial charge in [-0.25, -0.2) is 0 Å². The maximum Gasteiger partial charge on any atom is 0.126 e. The lowest BCUT2D eigenvalue weighted by Crippen LogP contribution is -1.93. The van der Waals surface area contributed by atoms with E-state index in [1.54, 1.807) is 7.11 Å². The Morgan fingerprint density at radius 3 is 2.35 bits per heavy atom. The molecule has 0 saturated carbocycles. The Labute approximate surface area is 101 Å². The summed E-state index contributed by atoms with van der Waals surface area (Å²) in [6.07, 6.45) is 1.35. The second kappa shape index (κ2) is 5.30. The number of ether oxygens (including phenoxy) is 1. The maximum absolute atomic E-state index is 10.7. The van der Waals surface area contributed by atoms with Gasteiger partial charge in [0.1, 0.15) is 12.0 Å². The van der Waals surface area contributed by atoms with Gasteiger partial charge in [0.25, 0.3) is 0 Å². The van der Waals surface area contributed by atoms with Gasteiger partial charge in [-0.1, -0.05) is 42.5 Å². The van der Waals surface area contributed by atoms with Crippen LogP contribution in [0.25, 0.3) is 11.1 Å². The fourth-order valence-corrected chi connectivity index (χ4v) is 1.92. The molecule has 0 fully saturated rings. The van der Waals surface area contributed by atoms with Gasteiger partial charge in [0.2, 0.25) is 0 Å². The molecule has 2 aromatic rings. The Balaban J connectivity index is 2.55. The van der Waals surface area contributed by atoms with Crippen molar-refractivity contribution in [3.05, 3.63) is 54.1 Å². The molecule has 17 heavy (non-hydrogen) atoms. The number of carbonyl (C=O) groups excluding carboxylic acids is 1. The molecule has 0 aromatic heterocycles. The Morgan fingerprint density at radius 2 is 1.65 bits per heavy atom.